The van der Waals surface area contributed by atoms with Gasteiger partial charge in [-0.1, -0.05) is 30.0 Å². The molecule has 0 spiro atoms. The summed E-state index contributed by atoms with van der Waals surface area (Å²) in [6.07, 6.45) is 0. The zero-order chi connectivity index (χ0) is 13.9. The molecule has 2 aromatic rings. The lowest BCUT2D eigenvalue weighted by Crippen LogP contribution is -2.11. The molecule has 6 heteroatoms. The van der Waals surface area contributed by atoms with E-state index in [1.54, 1.807) is 11.8 Å². The molecule has 22 heavy (non-hydrogen) atoms. The summed E-state index contributed by atoms with van der Waals surface area (Å²) in [6, 6.07) is 16.7. The number of para-hydroxylation sites is 1. The second-order valence-electron chi connectivity index (χ2n) is 4.90. The van der Waals surface area contributed by atoms with Crippen molar-refractivity contribution in [2.45, 2.75) is 5.75 Å². The normalized spacial score (nSPS) is 12.2. The van der Waals surface area contributed by atoms with Crippen LogP contribution in [0.5, 0.6) is 0 Å². The molecule has 118 valence electrons. The average Bonchev–Trinajstić information content (AvgIpc) is 2.48. The van der Waals surface area contributed by atoms with Crippen molar-refractivity contribution in [1.82, 2.24) is 0 Å². The standard InChI is InChI=1S/C16H17N3S.2ClH/c1-19(2)14-9-7-13(8-10-14)17-16-18-15-6-4-3-5-12(15)11-20-16;;/h3-10H,11H2,1-2H3,(H,17,18);2*1H. The molecule has 0 aromatic heterocycles. The Kier molecular flexibility index (Phi) is 7.07. The van der Waals surface area contributed by atoms with Crippen LogP contribution in [0.15, 0.2) is 53.5 Å². The third kappa shape index (κ3) is 4.32. The number of nitrogens with one attached hydrogen (secondary N) is 1. The minimum absolute atomic E-state index is 0. The van der Waals surface area contributed by atoms with E-state index in [1.165, 1.54) is 11.3 Å². The molecule has 1 N–H and O–H groups in total. The van der Waals surface area contributed by atoms with Gasteiger partial charge in [-0.25, -0.2) is 4.99 Å². The number of thioether (sulfide) groups is 1. The van der Waals surface area contributed by atoms with Crippen LogP contribution in [0.4, 0.5) is 17.1 Å². The molecular formula is C16H19Cl2N3S. The van der Waals surface area contributed by atoms with E-state index in [1.807, 2.05) is 20.2 Å². The van der Waals surface area contributed by atoms with Crippen molar-refractivity contribution >= 4 is 58.8 Å². The van der Waals surface area contributed by atoms with Gasteiger partial charge in [0.25, 0.3) is 0 Å². The number of anilines is 2. The number of hydrogen-bond donors (Lipinski definition) is 1. The Hall–Kier alpha value is -1.36. The molecule has 0 unspecified atom stereocenters. The second-order valence-corrected chi connectivity index (χ2v) is 5.86. The van der Waals surface area contributed by atoms with Crippen LogP contribution < -0.4 is 10.2 Å². The monoisotopic (exact) mass is 355 g/mol. The van der Waals surface area contributed by atoms with E-state index in [9.17, 15) is 0 Å². The predicted octanol–water partition coefficient (Wildman–Crippen LogP) is 4.94. The number of hydrogen-bond acceptors (Lipinski definition) is 4. The highest BCUT2D eigenvalue weighted by Gasteiger charge is 2.11. The fourth-order valence-corrected chi connectivity index (χ4v) is 2.95. The Labute approximate surface area is 148 Å². The van der Waals surface area contributed by atoms with Crippen molar-refractivity contribution in [1.29, 1.82) is 0 Å². The highest BCUT2D eigenvalue weighted by atomic mass is 35.5. The lowest BCUT2D eigenvalue weighted by atomic mass is 10.2. The first-order chi connectivity index (χ1) is 9.72. The van der Waals surface area contributed by atoms with Crippen molar-refractivity contribution in [2.24, 2.45) is 4.99 Å². The van der Waals surface area contributed by atoms with E-state index >= 15 is 0 Å². The third-order valence-corrected chi connectivity index (χ3v) is 4.14. The number of amidine groups is 1. The molecular weight excluding hydrogens is 337 g/mol. The largest absolute Gasteiger partial charge is 0.378 e. The second kappa shape index (κ2) is 8.32. The first-order valence-corrected chi connectivity index (χ1v) is 7.55. The van der Waals surface area contributed by atoms with Crippen LogP contribution in [-0.2, 0) is 5.75 Å². The first-order valence-electron chi connectivity index (χ1n) is 6.56. The first kappa shape index (κ1) is 18.7. The zero-order valence-electron chi connectivity index (χ0n) is 12.4. The number of rotatable bonds is 2. The van der Waals surface area contributed by atoms with Crippen LogP contribution in [0.1, 0.15) is 5.56 Å². The number of halogens is 2. The number of nitrogens with zero attached hydrogens (tertiary/aromatic N) is 2. The Morgan fingerprint density at radius 1 is 1.00 bits per heavy atom. The molecule has 0 radical (unpaired) electrons. The molecule has 1 aliphatic heterocycles. The maximum Gasteiger partial charge on any atom is 0.166 e. The van der Waals surface area contributed by atoms with E-state index < -0.39 is 0 Å². The molecule has 0 saturated carbocycles. The Morgan fingerprint density at radius 2 is 1.68 bits per heavy atom. The van der Waals surface area contributed by atoms with Gasteiger partial charge >= 0.3 is 0 Å². The predicted molar refractivity (Wildman–Crippen MR) is 104 cm³/mol. The summed E-state index contributed by atoms with van der Waals surface area (Å²) in [6.45, 7) is 0. The van der Waals surface area contributed by atoms with Crippen LogP contribution in [0.3, 0.4) is 0 Å². The molecule has 0 bridgehead atoms. The van der Waals surface area contributed by atoms with Gasteiger partial charge < -0.3 is 10.2 Å². The van der Waals surface area contributed by atoms with Crippen LogP contribution in [0.25, 0.3) is 0 Å². The molecule has 3 nitrogen and oxygen atoms in total. The van der Waals surface area contributed by atoms with Gasteiger partial charge in [0.2, 0.25) is 0 Å². The Morgan fingerprint density at radius 3 is 2.36 bits per heavy atom. The van der Waals surface area contributed by atoms with Crippen LogP contribution in [0, 0.1) is 0 Å². The molecule has 0 aliphatic carbocycles. The van der Waals surface area contributed by atoms with Gasteiger partial charge in [0.05, 0.1) is 5.69 Å². The third-order valence-electron chi connectivity index (χ3n) is 3.21. The van der Waals surface area contributed by atoms with Crippen molar-refractivity contribution in [3.63, 3.8) is 0 Å². The summed E-state index contributed by atoms with van der Waals surface area (Å²) in [5, 5.41) is 4.34. The molecule has 0 amide bonds. The number of benzene rings is 2. The van der Waals surface area contributed by atoms with Crippen molar-refractivity contribution in [3.05, 3.63) is 54.1 Å². The van der Waals surface area contributed by atoms with Crippen LogP contribution in [-0.4, -0.2) is 19.3 Å². The lowest BCUT2D eigenvalue weighted by molar-refractivity contribution is 1.13. The van der Waals surface area contributed by atoms with E-state index in [0.717, 1.165) is 22.3 Å². The SMILES string of the molecule is CN(C)c1ccc(NC2=Nc3ccccc3CS2)cc1.Cl.Cl. The van der Waals surface area contributed by atoms with Gasteiger partial charge in [0.15, 0.2) is 5.17 Å². The van der Waals surface area contributed by atoms with Crippen molar-refractivity contribution < 1.29 is 0 Å². The molecule has 0 saturated heterocycles. The van der Waals surface area contributed by atoms with E-state index in [2.05, 4.69) is 57.7 Å². The van der Waals surface area contributed by atoms with E-state index in [0.29, 0.717) is 0 Å². The highest BCUT2D eigenvalue weighted by molar-refractivity contribution is 8.13. The average molecular weight is 356 g/mol. The minimum Gasteiger partial charge on any atom is -0.378 e. The summed E-state index contributed by atoms with van der Waals surface area (Å²) in [7, 11) is 4.08. The quantitative estimate of drug-likeness (QED) is 0.826. The summed E-state index contributed by atoms with van der Waals surface area (Å²) in [4.78, 5) is 6.75. The maximum absolute atomic E-state index is 4.66. The fraction of sp³-hybridized carbons (Fsp3) is 0.188. The van der Waals surface area contributed by atoms with Gasteiger partial charge in [-0.05, 0) is 35.9 Å². The van der Waals surface area contributed by atoms with Crippen molar-refractivity contribution in [3.8, 4) is 0 Å². The van der Waals surface area contributed by atoms with Gasteiger partial charge in [0.1, 0.15) is 0 Å². The zero-order valence-corrected chi connectivity index (χ0v) is 14.9. The van der Waals surface area contributed by atoms with Crippen molar-refractivity contribution in [2.75, 3.05) is 24.3 Å². The summed E-state index contributed by atoms with van der Waals surface area (Å²) in [5.41, 5.74) is 4.63. The summed E-state index contributed by atoms with van der Waals surface area (Å²) >= 11 is 1.74. The maximum atomic E-state index is 4.66. The lowest BCUT2D eigenvalue weighted by Gasteiger charge is -2.17. The number of aliphatic imine (C=N–C) groups is 1. The Bertz CT molecular complexity index is 642. The van der Waals surface area contributed by atoms with Gasteiger partial charge in [-0.3, -0.25) is 0 Å². The molecule has 3 rings (SSSR count). The molecule has 1 aliphatic rings. The smallest absolute Gasteiger partial charge is 0.166 e. The summed E-state index contributed by atoms with van der Waals surface area (Å²) in [5.74, 6) is 0.970. The number of fused-ring (bicyclic) bond motifs is 1. The van der Waals surface area contributed by atoms with Gasteiger partial charge in [-0.2, -0.15) is 0 Å². The summed E-state index contributed by atoms with van der Waals surface area (Å²) < 4.78 is 0. The van der Waals surface area contributed by atoms with E-state index in [-0.39, 0.29) is 24.8 Å². The minimum atomic E-state index is 0. The Balaban J connectivity index is 0.00000121. The fourth-order valence-electron chi connectivity index (χ4n) is 2.06. The van der Waals surface area contributed by atoms with Crippen LogP contribution in [0.2, 0.25) is 0 Å². The molecule has 0 fully saturated rings. The molecule has 1 heterocycles. The topological polar surface area (TPSA) is 27.6 Å². The van der Waals surface area contributed by atoms with Crippen LogP contribution >= 0.6 is 36.6 Å². The van der Waals surface area contributed by atoms with Gasteiger partial charge in [0, 0.05) is 31.2 Å². The molecule has 0 atom stereocenters. The van der Waals surface area contributed by atoms with E-state index in [4.69, 9.17) is 0 Å². The van der Waals surface area contributed by atoms with Gasteiger partial charge in [-0.15, -0.1) is 24.8 Å². The highest BCUT2D eigenvalue weighted by Crippen LogP contribution is 2.31. The molecule has 2 aromatic carbocycles.